The lowest BCUT2D eigenvalue weighted by atomic mass is 10.2. The molecule has 0 aliphatic carbocycles. The number of para-hydroxylation sites is 1. The molecule has 34 heavy (non-hydrogen) atoms. The van der Waals surface area contributed by atoms with Crippen molar-refractivity contribution in [3.63, 3.8) is 0 Å². The van der Waals surface area contributed by atoms with Crippen LogP contribution in [0, 0.1) is 6.92 Å². The van der Waals surface area contributed by atoms with Crippen molar-refractivity contribution < 1.29 is 4.57 Å². The zero-order valence-electron chi connectivity index (χ0n) is 19.4. The molecule has 4 nitrogen and oxygen atoms in total. The lowest BCUT2D eigenvalue weighted by Gasteiger charge is -2.28. The molecule has 0 spiro atoms. The second-order valence-corrected chi connectivity index (χ2v) is 11.1. The number of aromatic nitrogens is 2. The summed E-state index contributed by atoms with van der Waals surface area (Å²) in [6.07, 6.45) is 6.16. The minimum Gasteiger partial charge on any atom is -0.345 e. The summed E-state index contributed by atoms with van der Waals surface area (Å²) >= 11 is 0. The van der Waals surface area contributed by atoms with Gasteiger partial charge in [-0.2, -0.15) is 0 Å². The summed E-state index contributed by atoms with van der Waals surface area (Å²) in [7, 11) is -0.417. The van der Waals surface area contributed by atoms with Gasteiger partial charge in [-0.15, -0.1) is 0 Å². The van der Waals surface area contributed by atoms with E-state index in [0.29, 0.717) is 0 Å². The number of hydrogen-bond donors (Lipinski definition) is 1. The Hall–Kier alpha value is -3.88. The summed E-state index contributed by atoms with van der Waals surface area (Å²) in [5.74, 6) is 0. The van der Waals surface area contributed by atoms with Crippen LogP contribution in [0.25, 0.3) is 5.69 Å². The molecular weight excluding hydrogens is 435 g/mol. The lowest BCUT2D eigenvalue weighted by molar-refractivity contribution is -0.670. The highest BCUT2D eigenvalue weighted by Crippen LogP contribution is 2.50. The number of aryl methyl sites for hydroxylation is 2. The molecule has 0 saturated carbocycles. The molecule has 1 aromatic heterocycles. The molecule has 1 N–H and O–H groups in total. The molecule has 0 aliphatic rings. The average Bonchev–Trinajstić information content (AvgIpc) is 3.32. The quantitative estimate of drug-likeness (QED) is 0.239. The van der Waals surface area contributed by atoms with Gasteiger partial charge in [-0.3, -0.25) is 0 Å². The zero-order chi connectivity index (χ0) is 23.4. The van der Waals surface area contributed by atoms with Crippen molar-refractivity contribution >= 4 is 29.2 Å². The monoisotopic (exact) mass is 463 g/mol. The number of benzene rings is 4. The van der Waals surface area contributed by atoms with Crippen molar-refractivity contribution in [1.29, 1.82) is 0 Å². The van der Waals surface area contributed by atoms with Crippen molar-refractivity contribution in [3.05, 3.63) is 133 Å². The van der Waals surface area contributed by atoms with Gasteiger partial charge in [0.05, 0.1) is 7.05 Å². The van der Waals surface area contributed by atoms with Crippen LogP contribution in [-0.2, 0) is 7.05 Å². The summed E-state index contributed by atoms with van der Waals surface area (Å²) in [6.45, 7) is 2.11. The fourth-order valence-electron chi connectivity index (χ4n) is 4.04. The highest BCUT2D eigenvalue weighted by Gasteiger charge is 2.26. The molecule has 5 heteroatoms. The number of anilines is 1. The molecular formula is C29H28N4P+. The molecule has 0 unspecified atom stereocenters. The third-order valence-electron chi connectivity index (χ3n) is 5.79. The number of rotatable bonds is 6. The van der Waals surface area contributed by atoms with Gasteiger partial charge in [-0.05, 0) is 31.2 Å². The Morgan fingerprint density at radius 3 is 1.91 bits per heavy atom. The van der Waals surface area contributed by atoms with Crippen LogP contribution in [-0.4, -0.2) is 4.57 Å². The summed E-state index contributed by atoms with van der Waals surface area (Å²) in [6, 6.07) is 38.1. The maximum atomic E-state index is 5.60. The van der Waals surface area contributed by atoms with Crippen molar-refractivity contribution in [1.82, 2.24) is 4.57 Å². The van der Waals surface area contributed by atoms with Gasteiger partial charge in [0.2, 0.25) is 6.33 Å². The second kappa shape index (κ2) is 9.54. The molecule has 5 aromatic rings. The molecule has 0 bridgehead atoms. The molecule has 0 saturated heterocycles. The Labute approximate surface area is 201 Å². The maximum Gasteiger partial charge on any atom is 0.248 e. The first kappa shape index (κ1) is 21.9. The van der Waals surface area contributed by atoms with Crippen LogP contribution in [0.2, 0.25) is 0 Å². The van der Waals surface area contributed by atoms with Crippen LogP contribution in [0.4, 0.5) is 11.4 Å². The average molecular weight is 464 g/mol. The largest absolute Gasteiger partial charge is 0.345 e. The summed E-state index contributed by atoms with van der Waals surface area (Å²) in [4.78, 5) is 0. The van der Waals surface area contributed by atoms with Gasteiger partial charge in [-0.25, -0.2) is 13.9 Å². The van der Waals surface area contributed by atoms with E-state index >= 15 is 0 Å². The highest BCUT2D eigenvalue weighted by molar-refractivity contribution is 7.82. The van der Waals surface area contributed by atoms with E-state index in [2.05, 4.69) is 138 Å². The van der Waals surface area contributed by atoms with Crippen LogP contribution in [0.1, 0.15) is 5.56 Å². The minimum atomic E-state index is -2.45. The Balaban J connectivity index is 1.81. The molecule has 0 atom stereocenters. The van der Waals surface area contributed by atoms with Crippen molar-refractivity contribution in [2.24, 2.45) is 11.8 Å². The van der Waals surface area contributed by atoms with E-state index < -0.39 is 7.21 Å². The second-order valence-electron chi connectivity index (χ2n) is 8.36. The Kier molecular flexibility index (Phi) is 6.16. The molecule has 0 amide bonds. The van der Waals surface area contributed by atoms with Gasteiger partial charge in [0.25, 0.3) is 0 Å². The lowest BCUT2D eigenvalue weighted by Crippen LogP contribution is -2.23. The summed E-state index contributed by atoms with van der Waals surface area (Å²) in [5, 5.41) is 6.27. The molecule has 168 valence electrons. The normalized spacial score (nSPS) is 11.2. The highest BCUT2D eigenvalue weighted by atomic mass is 31.2. The topological polar surface area (TPSA) is 33.2 Å². The van der Waals surface area contributed by atoms with Gasteiger partial charge < -0.3 is 5.09 Å². The summed E-state index contributed by atoms with van der Waals surface area (Å²) < 4.78 is 9.76. The minimum absolute atomic E-state index is 0.944. The van der Waals surface area contributed by atoms with Crippen molar-refractivity contribution in [2.75, 3.05) is 5.09 Å². The Morgan fingerprint density at radius 2 is 1.32 bits per heavy atom. The van der Waals surface area contributed by atoms with Crippen LogP contribution in [0.15, 0.2) is 133 Å². The first-order valence-corrected chi connectivity index (χ1v) is 13.1. The Bertz CT molecular complexity index is 1400. The van der Waals surface area contributed by atoms with E-state index in [-0.39, 0.29) is 0 Å². The number of hydrogen-bond acceptors (Lipinski definition) is 1. The number of imidazole rings is 1. The van der Waals surface area contributed by atoms with Crippen LogP contribution < -0.4 is 20.3 Å². The van der Waals surface area contributed by atoms with E-state index in [4.69, 9.17) is 4.74 Å². The van der Waals surface area contributed by atoms with Crippen LogP contribution in [0.3, 0.4) is 0 Å². The smallest absolute Gasteiger partial charge is 0.248 e. The van der Waals surface area contributed by atoms with Crippen LogP contribution >= 0.6 is 7.21 Å². The SMILES string of the molecule is Cc1ccc(NP(=Nc2ccccc2-n2cc[n+](C)c2)(c2ccccc2)c2ccccc2)cc1. The van der Waals surface area contributed by atoms with Gasteiger partial charge >= 0.3 is 0 Å². The standard InChI is InChI=1S/C29H28N4P/c1-24-17-19-25(20-18-24)30-34(26-11-5-3-6-12-26,27-13-7-4-8-14-27)31-28-15-9-10-16-29(28)33-22-21-32(2)23-33/h3-23,30H,1-2H3/q+1. The van der Waals surface area contributed by atoms with E-state index in [1.807, 2.05) is 17.8 Å². The van der Waals surface area contributed by atoms with Crippen molar-refractivity contribution in [3.8, 4) is 5.69 Å². The van der Waals surface area contributed by atoms with Crippen LogP contribution in [0.5, 0.6) is 0 Å². The third kappa shape index (κ3) is 4.46. The van der Waals surface area contributed by atoms with E-state index in [1.54, 1.807) is 0 Å². The first-order chi connectivity index (χ1) is 16.6. The number of nitrogens with one attached hydrogen (secondary N) is 1. The van der Waals surface area contributed by atoms with E-state index in [1.165, 1.54) is 16.2 Å². The van der Waals surface area contributed by atoms with E-state index in [0.717, 1.165) is 17.1 Å². The fraction of sp³-hybridized carbons (Fsp3) is 0.0690. The molecule has 0 fully saturated rings. The molecule has 0 aliphatic heterocycles. The molecule has 4 aromatic carbocycles. The summed E-state index contributed by atoms with van der Waals surface area (Å²) in [5.41, 5.74) is 4.28. The third-order valence-corrected chi connectivity index (χ3v) is 8.98. The molecule has 0 radical (unpaired) electrons. The predicted octanol–water partition coefficient (Wildman–Crippen LogP) is 6.12. The van der Waals surface area contributed by atoms with Gasteiger partial charge in [-0.1, -0.05) is 90.5 Å². The van der Waals surface area contributed by atoms with Crippen molar-refractivity contribution in [2.45, 2.75) is 6.92 Å². The molecule has 5 rings (SSSR count). The molecule has 1 heterocycles. The number of nitrogens with zero attached hydrogens (tertiary/aromatic N) is 3. The fourth-order valence-corrected chi connectivity index (χ4v) is 7.10. The Morgan fingerprint density at radius 1 is 0.735 bits per heavy atom. The van der Waals surface area contributed by atoms with Gasteiger partial charge in [0.1, 0.15) is 25.3 Å². The van der Waals surface area contributed by atoms with Gasteiger partial charge in [0, 0.05) is 16.3 Å². The maximum absolute atomic E-state index is 5.60. The van der Waals surface area contributed by atoms with E-state index in [9.17, 15) is 0 Å². The van der Waals surface area contributed by atoms with Gasteiger partial charge in [0.15, 0.2) is 5.69 Å². The predicted molar refractivity (Wildman–Crippen MR) is 143 cm³/mol. The zero-order valence-corrected chi connectivity index (χ0v) is 20.3. The first-order valence-electron chi connectivity index (χ1n) is 11.4.